The predicted octanol–water partition coefficient (Wildman–Crippen LogP) is 2.61. The van der Waals surface area contributed by atoms with E-state index >= 15 is 0 Å². The third-order valence-corrected chi connectivity index (χ3v) is 3.37. The molecule has 1 N–H and O–H groups in total. The highest BCUT2D eigenvalue weighted by atomic mass is 15.1. The fraction of sp³-hybridized carbons (Fsp3) is 0.267. The highest BCUT2D eigenvalue weighted by Gasteiger charge is 2.11. The van der Waals surface area contributed by atoms with Gasteiger partial charge in [-0.2, -0.15) is 0 Å². The second-order valence-electron chi connectivity index (χ2n) is 4.77. The van der Waals surface area contributed by atoms with E-state index in [2.05, 4.69) is 52.6 Å². The van der Waals surface area contributed by atoms with Crippen molar-refractivity contribution in [3.05, 3.63) is 48.3 Å². The molecule has 0 atom stereocenters. The van der Waals surface area contributed by atoms with Crippen molar-refractivity contribution in [2.45, 2.75) is 6.54 Å². The number of aromatic nitrogens is 1. The molecule has 0 fully saturated rings. The second kappa shape index (κ2) is 4.78. The van der Waals surface area contributed by atoms with Gasteiger partial charge < -0.3 is 10.2 Å². The Hall–Kier alpha value is -1.87. The molecule has 0 amide bonds. The number of anilines is 1. The molecule has 1 aromatic carbocycles. The number of nitrogens with one attached hydrogen (secondary N) is 1. The van der Waals surface area contributed by atoms with Crippen LogP contribution in [0.2, 0.25) is 0 Å². The first-order valence-electron chi connectivity index (χ1n) is 6.29. The van der Waals surface area contributed by atoms with Crippen LogP contribution in [0.5, 0.6) is 0 Å². The van der Waals surface area contributed by atoms with Crippen molar-refractivity contribution in [1.82, 2.24) is 9.88 Å². The van der Waals surface area contributed by atoms with Crippen LogP contribution in [0.1, 0.15) is 5.56 Å². The van der Waals surface area contributed by atoms with Gasteiger partial charge in [0.2, 0.25) is 0 Å². The van der Waals surface area contributed by atoms with Gasteiger partial charge in [0.15, 0.2) is 0 Å². The van der Waals surface area contributed by atoms with Gasteiger partial charge >= 0.3 is 0 Å². The van der Waals surface area contributed by atoms with Crippen LogP contribution >= 0.6 is 0 Å². The molecule has 0 unspecified atom stereocenters. The lowest BCUT2D eigenvalue weighted by Crippen LogP contribution is -2.20. The number of fused-ring (bicyclic) bond motifs is 1. The summed E-state index contributed by atoms with van der Waals surface area (Å²) in [5, 5.41) is 3.48. The molecule has 1 aromatic heterocycles. The van der Waals surface area contributed by atoms with E-state index in [0.717, 1.165) is 19.6 Å². The van der Waals surface area contributed by atoms with Crippen LogP contribution in [0.15, 0.2) is 42.7 Å². The van der Waals surface area contributed by atoms with Crippen molar-refractivity contribution in [1.29, 1.82) is 0 Å². The summed E-state index contributed by atoms with van der Waals surface area (Å²) in [5.41, 5.74) is 5.11. The van der Waals surface area contributed by atoms with Crippen LogP contribution in [-0.2, 0) is 6.54 Å². The lowest BCUT2D eigenvalue weighted by molar-refractivity contribution is 0.346. The van der Waals surface area contributed by atoms with E-state index in [0.29, 0.717) is 0 Å². The summed E-state index contributed by atoms with van der Waals surface area (Å²) in [6, 6.07) is 10.7. The van der Waals surface area contributed by atoms with E-state index in [4.69, 9.17) is 0 Å². The zero-order valence-corrected chi connectivity index (χ0v) is 10.6. The summed E-state index contributed by atoms with van der Waals surface area (Å²) >= 11 is 0. The molecule has 1 aliphatic heterocycles. The smallest absolute Gasteiger partial charge is 0.0386 e. The maximum Gasteiger partial charge on any atom is 0.0386 e. The number of benzene rings is 1. The Labute approximate surface area is 107 Å². The molecule has 2 heterocycles. The van der Waals surface area contributed by atoms with Crippen LogP contribution in [0.4, 0.5) is 5.69 Å². The van der Waals surface area contributed by atoms with Gasteiger partial charge in [-0.05, 0) is 48.0 Å². The average molecular weight is 239 g/mol. The number of rotatable bonds is 1. The van der Waals surface area contributed by atoms with Crippen molar-refractivity contribution >= 4 is 5.69 Å². The molecular formula is C15H17N3. The number of hydrogen-bond acceptors (Lipinski definition) is 3. The second-order valence-corrected chi connectivity index (χ2v) is 4.77. The largest absolute Gasteiger partial charge is 0.383 e. The Morgan fingerprint density at radius 1 is 1.11 bits per heavy atom. The maximum atomic E-state index is 4.06. The Kier molecular flexibility index (Phi) is 2.99. The van der Waals surface area contributed by atoms with Gasteiger partial charge in [-0.25, -0.2) is 0 Å². The topological polar surface area (TPSA) is 28.2 Å². The molecule has 3 nitrogen and oxygen atoms in total. The van der Waals surface area contributed by atoms with Crippen LogP contribution in [0.3, 0.4) is 0 Å². The molecule has 2 aromatic rings. The fourth-order valence-corrected chi connectivity index (χ4v) is 2.37. The number of likely N-dealkylation sites (N-methyl/N-ethyl adjacent to an activating group) is 1. The first-order chi connectivity index (χ1) is 8.83. The molecule has 0 aliphatic carbocycles. The van der Waals surface area contributed by atoms with Gasteiger partial charge in [0.25, 0.3) is 0 Å². The molecule has 1 aliphatic rings. The van der Waals surface area contributed by atoms with Gasteiger partial charge in [-0.1, -0.05) is 6.07 Å². The molecule has 0 radical (unpaired) electrons. The fourth-order valence-electron chi connectivity index (χ4n) is 2.37. The van der Waals surface area contributed by atoms with Crippen LogP contribution < -0.4 is 5.32 Å². The summed E-state index contributed by atoms with van der Waals surface area (Å²) in [7, 11) is 2.16. The average Bonchev–Trinajstić information content (AvgIpc) is 2.59. The molecule has 3 rings (SSSR count). The van der Waals surface area contributed by atoms with Gasteiger partial charge in [0.1, 0.15) is 0 Å². The molecule has 3 heteroatoms. The molecule has 0 bridgehead atoms. The first kappa shape index (κ1) is 11.2. The van der Waals surface area contributed by atoms with Crippen molar-refractivity contribution in [3.63, 3.8) is 0 Å². The number of nitrogens with zero attached hydrogens (tertiary/aromatic N) is 2. The van der Waals surface area contributed by atoms with E-state index < -0.39 is 0 Å². The van der Waals surface area contributed by atoms with Crippen LogP contribution in [0, 0.1) is 0 Å². The molecule has 92 valence electrons. The minimum absolute atomic E-state index is 1.00. The standard InChI is InChI=1S/C15H17N3/c1-18-9-8-17-15-3-2-13(10-14(15)11-18)12-4-6-16-7-5-12/h2-7,10,17H,8-9,11H2,1H3. The van der Waals surface area contributed by atoms with Gasteiger partial charge in [0.05, 0.1) is 0 Å². The summed E-state index contributed by atoms with van der Waals surface area (Å²) in [6.07, 6.45) is 3.68. The summed E-state index contributed by atoms with van der Waals surface area (Å²) in [5.74, 6) is 0. The van der Waals surface area contributed by atoms with E-state index in [1.807, 2.05) is 12.4 Å². The Bertz CT molecular complexity index is 537. The number of pyridine rings is 1. The van der Waals surface area contributed by atoms with Gasteiger partial charge in [0, 0.05) is 37.7 Å². The Morgan fingerprint density at radius 3 is 2.78 bits per heavy atom. The molecule has 0 saturated heterocycles. The third kappa shape index (κ3) is 2.22. The summed E-state index contributed by atoms with van der Waals surface area (Å²) in [4.78, 5) is 6.41. The van der Waals surface area contributed by atoms with E-state index in [-0.39, 0.29) is 0 Å². The Morgan fingerprint density at radius 2 is 1.94 bits per heavy atom. The lowest BCUT2D eigenvalue weighted by atomic mass is 10.0. The van der Waals surface area contributed by atoms with E-state index in [9.17, 15) is 0 Å². The highest BCUT2D eigenvalue weighted by molar-refractivity contribution is 5.68. The zero-order chi connectivity index (χ0) is 12.4. The van der Waals surface area contributed by atoms with E-state index in [1.165, 1.54) is 22.4 Å². The molecule has 0 spiro atoms. The van der Waals surface area contributed by atoms with E-state index in [1.54, 1.807) is 0 Å². The van der Waals surface area contributed by atoms with Crippen LogP contribution in [0.25, 0.3) is 11.1 Å². The summed E-state index contributed by atoms with van der Waals surface area (Å²) in [6.45, 7) is 3.10. The quantitative estimate of drug-likeness (QED) is 0.829. The molecular weight excluding hydrogens is 222 g/mol. The molecule has 18 heavy (non-hydrogen) atoms. The predicted molar refractivity (Wildman–Crippen MR) is 74.5 cm³/mol. The monoisotopic (exact) mass is 239 g/mol. The number of hydrogen-bond donors (Lipinski definition) is 1. The minimum Gasteiger partial charge on any atom is -0.383 e. The minimum atomic E-state index is 1.00. The normalized spacial score (nSPS) is 15.6. The molecule has 0 saturated carbocycles. The zero-order valence-electron chi connectivity index (χ0n) is 10.6. The van der Waals surface area contributed by atoms with Crippen molar-refractivity contribution in [2.75, 3.05) is 25.5 Å². The van der Waals surface area contributed by atoms with Crippen molar-refractivity contribution in [2.24, 2.45) is 0 Å². The van der Waals surface area contributed by atoms with Crippen LogP contribution in [-0.4, -0.2) is 30.0 Å². The third-order valence-electron chi connectivity index (χ3n) is 3.37. The maximum absolute atomic E-state index is 4.06. The lowest BCUT2D eigenvalue weighted by Gasteiger charge is -2.13. The van der Waals surface area contributed by atoms with Crippen molar-refractivity contribution < 1.29 is 0 Å². The van der Waals surface area contributed by atoms with Gasteiger partial charge in [-0.15, -0.1) is 0 Å². The SMILES string of the molecule is CN1CCNc2ccc(-c3ccncc3)cc2C1. The Balaban J connectivity index is 2.00. The van der Waals surface area contributed by atoms with Gasteiger partial charge in [-0.3, -0.25) is 4.98 Å². The highest BCUT2D eigenvalue weighted by Crippen LogP contribution is 2.26. The summed E-state index contributed by atoms with van der Waals surface area (Å²) < 4.78 is 0. The first-order valence-corrected chi connectivity index (χ1v) is 6.29. The van der Waals surface area contributed by atoms with Crippen molar-refractivity contribution in [3.8, 4) is 11.1 Å².